The first-order valence-electron chi connectivity index (χ1n) is 9.03. The zero-order valence-electron chi connectivity index (χ0n) is 15.1. The minimum absolute atomic E-state index is 0.168. The number of benzene rings is 1. The molecule has 2 unspecified atom stereocenters. The largest absolute Gasteiger partial charge is 0.372 e. The van der Waals surface area contributed by atoms with Gasteiger partial charge in [0.1, 0.15) is 5.52 Å². The average molecular weight is 364 g/mol. The molecule has 1 fully saturated rings. The summed E-state index contributed by atoms with van der Waals surface area (Å²) >= 11 is 0. The van der Waals surface area contributed by atoms with E-state index in [0.29, 0.717) is 5.82 Å². The van der Waals surface area contributed by atoms with Crippen molar-refractivity contribution >= 4 is 39.3 Å². The van der Waals surface area contributed by atoms with Gasteiger partial charge >= 0.3 is 0 Å². The van der Waals surface area contributed by atoms with Gasteiger partial charge in [0, 0.05) is 31.0 Å². The van der Waals surface area contributed by atoms with Gasteiger partial charge in [-0.3, -0.25) is 10.1 Å². The quantitative estimate of drug-likeness (QED) is 0.575. The molecule has 1 saturated heterocycles. The van der Waals surface area contributed by atoms with E-state index in [-0.39, 0.29) is 12.2 Å². The molecular formula is C19H20N6O2. The zero-order valence-corrected chi connectivity index (χ0v) is 15.1. The Kier molecular flexibility index (Phi) is 3.71. The van der Waals surface area contributed by atoms with Crippen LogP contribution in [0.4, 0.5) is 17.3 Å². The number of fused-ring (bicyclic) bond motifs is 2. The fourth-order valence-corrected chi connectivity index (χ4v) is 3.66. The van der Waals surface area contributed by atoms with Crippen LogP contribution in [0.5, 0.6) is 0 Å². The van der Waals surface area contributed by atoms with Gasteiger partial charge in [0.05, 0.1) is 23.1 Å². The smallest absolute Gasteiger partial charge is 0.180 e. The second-order valence-electron chi connectivity index (χ2n) is 6.98. The summed E-state index contributed by atoms with van der Waals surface area (Å²) in [5, 5.41) is 15.9. The van der Waals surface area contributed by atoms with Crippen LogP contribution in [0.25, 0.3) is 22.0 Å². The Morgan fingerprint density at radius 1 is 1.19 bits per heavy atom. The van der Waals surface area contributed by atoms with Crippen molar-refractivity contribution in [1.82, 2.24) is 20.3 Å². The van der Waals surface area contributed by atoms with E-state index in [0.717, 1.165) is 46.6 Å². The molecule has 0 aliphatic carbocycles. The lowest BCUT2D eigenvalue weighted by Crippen LogP contribution is -2.45. The van der Waals surface area contributed by atoms with E-state index < -0.39 is 0 Å². The normalized spacial score (nSPS) is 20.4. The molecule has 0 spiro atoms. The highest BCUT2D eigenvalue weighted by atomic mass is 16.5. The van der Waals surface area contributed by atoms with Crippen LogP contribution in [0.1, 0.15) is 13.8 Å². The van der Waals surface area contributed by atoms with Crippen LogP contribution in [0, 0.1) is 0 Å². The van der Waals surface area contributed by atoms with Crippen molar-refractivity contribution in [1.29, 1.82) is 0 Å². The molecule has 0 bridgehead atoms. The number of anilines is 3. The van der Waals surface area contributed by atoms with Crippen LogP contribution in [0.15, 0.2) is 41.1 Å². The van der Waals surface area contributed by atoms with Crippen LogP contribution in [-0.2, 0) is 4.74 Å². The Morgan fingerprint density at radius 3 is 2.89 bits per heavy atom. The lowest BCUT2D eigenvalue weighted by Gasteiger charge is -2.35. The third-order valence-electron chi connectivity index (χ3n) is 4.76. The van der Waals surface area contributed by atoms with E-state index in [4.69, 9.17) is 9.26 Å². The Morgan fingerprint density at radius 2 is 2.04 bits per heavy atom. The van der Waals surface area contributed by atoms with E-state index >= 15 is 0 Å². The Balaban J connectivity index is 1.45. The number of ether oxygens (including phenoxy) is 1. The number of hydrogen-bond donors (Lipinski definition) is 2. The predicted octanol–water partition coefficient (Wildman–Crippen LogP) is 3.46. The molecule has 1 aliphatic rings. The fraction of sp³-hybridized carbons (Fsp3) is 0.316. The minimum Gasteiger partial charge on any atom is -0.372 e. The van der Waals surface area contributed by atoms with E-state index in [1.54, 1.807) is 6.20 Å². The van der Waals surface area contributed by atoms with Crippen molar-refractivity contribution in [2.45, 2.75) is 26.1 Å². The van der Waals surface area contributed by atoms with Gasteiger partial charge in [0.2, 0.25) is 0 Å². The van der Waals surface area contributed by atoms with Gasteiger partial charge in [-0.25, -0.2) is 0 Å². The first-order chi connectivity index (χ1) is 13.2. The molecule has 4 aromatic rings. The van der Waals surface area contributed by atoms with Crippen molar-refractivity contribution in [3.8, 4) is 0 Å². The number of nitrogens with one attached hydrogen (secondary N) is 2. The van der Waals surface area contributed by atoms with E-state index in [2.05, 4.69) is 44.4 Å². The van der Waals surface area contributed by atoms with Gasteiger partial charge in [-0.2, -0.15) is 5.10 Å². The summed E-state index contributed by atoms with van der Waals surface area (Å²) in [7, 11) is 0. The first kappa shape index (κ1) is 16.1. The van der Waals surface area contributed by atoms with Gasteiger partial charge < -0.3 is 19.5 Å². The molecule has 27 heavy (non-hydrogen) atoms. The summed E-state index contributed by atoms with van der Waals surface area (Å²) in [6, 6.07) is 9.77. The lowest BCUT2D eigenvalue weighted by molar-refractivity contribution is -0.00552. The van der Waals surface area contributed by atoms with Crippen molar-refractivity contribution in [2.75, 3.05) is 23.3 Å². The van der Waals surface area contributed by atoms with Crippen LogP contribution in [0.2, 0.25) is 0 Å². The number of aromatic amines is 1. The number of nitrogens with zero attached hydrogens (tertiary/aromatic N) is 4. The molecule has 1 aliphatic heterocycles. The Hall–Kier alpha value is -3.13. The van der Waals surface area contributed by atoms with Gasteiger partial charge in [0.25, 0.3) is 0 Å². The molecule has 8 nitrogen and oxygen atoms in total. The highest BCUT2D eigenvalue weighted by Crippen LogP contribution is 2.31. The number of rotatable bonds is 3. The summed E-state index contributed by atoms with van der Waals surface area (Å²) in [4.78, 5) is 6.59. The second-order valence-corrected chi connectivity index (χ2v) is 6.98. The van der Waals surface area contributed by atoms with Crippen molar-refractivity contribution < 1.29 is 9.26 Å². The molecule has 1 aromatic carbocycles. The molecule has 2 atom stereocenters. The minimum atomic E-state index is 0.168. The molecule has 2 N–H and O–H groups in total. The van der Waals surface area contributed by atoms with E-state index in [9.17, 15) is 0 Å². The van der Waals surface area contributed by atoms with Gasteiger partial charge in [-0.1, -0.05) is 5.16 Å². The lowest BCUT2D eigenvalue weighted by atomic mass is 10.2. The highest BCUT2D eigenvalue weighted by molar-refractivity contribution is 5.93. The average Bonchev–Trinajstić information content (AvgIpc) is 3.25. The molecule has 0 radical (unpaired) electrons. The standard InChI is InChI=1S/C19H20N6O2/c1-11-9-25(10-12(2)26-11)19-14-6-5-13(8-16(14)27-24-19)21-18-17-15(22-23-18)4-3-7-20-17/h3-8,11-12H,9-10H2,1-2H3,(H2,21,22,23). The molecule has 0 saturated carbocycles. The number of pyridine rings is 1. The summed E-state index contributed by atoms with van der Waals surface area (Å²) < 4.78 is 11.4. The Bertz CT molecular complexity index is 1090. The molecule has 0 amide bonds. The van der Waals surface area contributed by atoms with Gasteiger partial charge in [0.15, 0.2) is 17.2 Å². The highest BCUT2D eigenvalue weighted by Gasteiger charge is 2.26. The van der Waals surface area contributed by atoms with Gasteiger partial charge in [-0.05, 0) is 38.1 Å². The molecule has 3 aromatic heterocycles. The summed E-state index contributed by atoms with van der Waals surface area (Å²) in [6.07, 6.45) is 2.09. The monoisotopic (exact) mass is 364 g/mol. The second kappa shape index (κ2) is 6.24. The van der Waals surface area contributed by atoms with Crippen LogP contribution >= 0.6 is 0 Å². The maximum absolute atomic E-state index is 5.81. The summed E-state index contributed by atoms with van der Waals surface area (Å²) in [6.45, 7) is 5.76. The third kappa shape index (κ3) is 2.87. The van der Waals surface area contributed by atoms with E-state index in [1.165, 1.54) is 0 Å². The predicted molar refractivity (Wildman–Crippen MR) is 103 cm³/mol. The molecule has 8 heteroatoms. The topological polar surface area (TPSA) is 92.1 Å². The Labute approximate surface area is 155 Å². The summed E-state index contributed by atoms with van der Waals surface area (Å²) in [5.74, 6) is 1.55. The fourth-order valence-electron chi connectivity index (χ4n) is 3.66. The van der Waals surface area contributed by atoms with Crippen LogP contribution in [-0.4, -0.2) is 45.6 Å². The van der Waals surface area contributed by atoms with Crippen molar-refractivity contribution in [2.24, 2.45) is 0 Å². The first-order valence-corrected chi connectivity index (χ1v) is 9.03. The maximum Gasteiger partial charge on any atom is 0.180 e. The van der Waals surface area contributed by atoms with Crippen LogP contribution < -0.4 is 10.2 Å². The molecular weight excluding hydrogens is 344 g/mol. The molecule has 5 rings (SSSR count). The van der Waals surface area contributed by atoms with E-state index in [1.807, 2.05) is 30.3 Å². The number of hydrogen-bond acceptors (Lipinski definition) is 7. The van der Waals surface area contributed by atoms with Gasteiger partial charge in [-0.15, -0.1) is 0 Å². The maximum atomic E-state index is 5.81. The molecule has 138 valence electrons. The van der Waals surface area contributed by atoms with Crippen molar-refractivity contribution in [3.05, 3.63) is 36.5 Å². The third-order valence-corrected chi connectivity index (χ3v) is 4.76. The zero-order chi connectivity index (χ0) is 18.4. The number of aromatic nitrogens is 4. The number of morpholine rings is 1. The molecule has 4 heterocycles. The van der Waals surface area contributed by atoms with Crippen LogP contribution in [0.3, 0.4) is 0 Å². The number of H-pyrrole nitrogens is 1. The summed E-state index contributed by atoms with van der Waals surface area (Å²) in [5.41, 5.74) is 3.29. The van der Waals surface area contributed by atoms with Crippen molar-refractivity contribution in [3.63, 3.8) is 0 Å². The SMILES string of the molecule is CC1CN(c2noc3cc(Nc4n[nH]c5cccnc45)ccc23)CC(C)O1.